The van der Waals surface area contributed by atoms with Gasteiger partial charge < -0.3 is 19.5 Å². The maximum atomic E-state index is 12.0. The molecule has 1 aliphatic heterocycles. The fourth-order valence-corrected chi connectivity index (χ4v) is 3.00. The highest BCUT2D eigenvalue weighted by molar-refractivity contribution is 7.89. The molecule has 1 rings (SSSR count). The van der Waals surface area contributed by atoms with Crippen LogP contribution in [-0.2, 0) is 29.1 Å². The van der Waals surface area contributed by atoms with Crippen LogP contribution in [0.2, 0.25) is 0 Å². The largest absolute Gasteiger partial charge is 0.481 e. The number of morpholine rings is 1. The van der Waals surface area contributed by atoms with E-state index in [9.17, 15) is 18.0 Å². The van der Waals surface area contributed by atoms with Crippen molar-refractivity contribution in [3.05, 3.63) is 0 Å². The Labute approximate surface area is 129 Å². The van der Waals surface area contributed by atoms with Crippen molar-refractivity contribution < 1.29 is 32.6 Å². The number of sulfonamides is 1. The number of ether oxygens (including phenoxy) is 2. The topological polar surface area (TPSA) is 122 Å². The van der Waals surface area contributed by atoms with Gasteiger partial charge in [-0.25, -0.2) is 13.1 Å². The third-order valence-corrected chi connectivity index (χ3v) is 4.51. The van der Waals surface area contributed by atoms with E-state index in [1.165, 1.54) is 12.0 Å². The zero-order chi connectivity index (χ0) is 16.6. The molecule has 0 radical (unpaired) electrons. The third-order valence-electron chi connectivity index (χ3n) is 3.10. The summed E-state index contributed by atoms with van der Waals surface area (Å²) in [7, 11) is -2.04. The van der Waals surface area contributed by atoms with Crippen molar-refractivity contribution in [3.63, 3.8) is 0 Å². The number of hydrogen-bond acceptors (Lipinski definition) is 6. The maximum Gasteiger partial charge on any atom is 0.306 e. The molecule has 1 amide bonds. The van der Waals surface area contributed by atoms with E-state index in [-0.39, 0.29) is 31.9 Å². The van der Waals surface area contributed by atoms with Crippen molar-refractivity contribution in [1.82, 2.24) is 9.62 Å². The summed E-state index contributed by atoms with van der Waals surface area (Å²) in [5.74, 6) is -1.51. The highest BCUT2D eigenvalue weighted by Crippen LogP contribution is 2.08. The number of nitrogens with zero attached hydrogens (tertiary/aromatic N) is 1. The predicted octanol–water partition coefficient (Wildman–Crippen LogP) is -1.36. The minimum atomic E-state index is -3.52. The van der Waals surface area contributed by atoms with Crippen LogP contribution in [-0.4, -0.2) is 82.1 Å². The molecule has 0 saturated carbocycles. The van der Waals surface area contributed by atoms with Crippen molar-refractivity contribution in [2.45, 2.75) is 18.9 Å². The van der Waals surface area contributed by atoms with Gasteiger partial charge in [0, 0.05) is 26.8 Å². The van der Waals surface area contributed by atoms with E-state index in [4.69, 9.17) is 14.6 Å². The number of amides is 1. The number of nitrogens with one attached hydrogen (secondary N) is 1. The standard InChI is InChI=1S/C12H22N2O7S/c1-20-4-2-6-22(18,19)13-8-11(15)14-3-5-21-10(9-14)7-12(16)17/h10,13H,2-9H2,1H3,(H,16,17). The molecular weight excluding hydrogens is 316 g/mol. The SMILES string of the molecule is COCCCS(=O)(=O)NCC(=O)N1CCOC(CC(=O)O)C1. The number of hydrogen-bond donors (Lipinski definition) is 2. The lowest BCUT2D eigenvalue weighted by molar-refractivity contribution is -0.147. The Morgan fingerprint density at radius 1 is 1.45 bits per heavy atom. The van der Waals surface area contributed by atoms with Gasteiger partial charge in [0.05, 0.1) is 31.4 Å². The van der Waals surface area contributed by atoms with Crippen LogP contribution in [0.4, 0.5) is 0 Å². The number of carbonyl (C=O) groups is 2. The summed E-state index contributed by atoms with van der Waals surface area (Å²) in [6, 6.07) is 0. The fraction of sp³-hybridized carbons (Fsp3) is 0.833. The highest BCUT2D eigenvalue weighted by atomic mass is 32.2. The van der Waals surface area contributed by atoms with E-state index in [2.05, 4.69) is 4.72 Å². The molecule has 22 heavy (non-hydrogen) atoms. The van der Waals surface area contributed by atoms with Gasteiger partial charge in [-0.15, -0.1) is 0 Å². The Kier molecular flexibility index (Phi) is 7.73. The maximum absolute atomic E-state index is 12.0. The molecule has 1 saturated heterocycles. The first-order chi connectivity index (χ1) is 10.3. The number of carbonyl (C=O) groups excluding carboxylic acids is 1. The Hall–Kier alpha value is -1.23. The van der Waals surface area contributed by atoms with Gasteiger partial charge in [-0.1, -0.05) is 0 Å². The monoisotopic (exact) mass is 338 g/mol. The Bertz CT molecular complexity index is 480. The fourth-order valence-electron chi connectivity index (χ4n) is 2.01. The molecule has 0 spiro atoms. The third kappa shape index (κ3) is 7.16. The van der Waals surface area contributed by atoms with Crippen molar-refractivity contribution in [1.29, 1.82) is 0 Å². The van der Waals surface area contributed by atoms with E-state index in [1.54, 1.807) is 0 Å². The van der Waals surface area contributed by atoms with Crippen LogP contribution in [0, 0.1) is 0 Å². The zero-order valence-electron chi connectivity index (χ0n) is 12.5. The van der Waals surface area contributed by atoms with Gasteiger partial charge in [0.15, 0.2) is 0 Å². The first-order valence-corrected chi connectivity index (χ1v) is 8.56. The summed E-state index contributed by atoms with van der Waals surface area (Å²) >= 11 is 0. The van der Waals surface area contributed by atoms with Gasteiger partial charge in [-0.2, -0.15) is 0 Å². The Morgan fingerprint density at radius 2 is 2.18 bits per heavy atom. The smallest absolute Gasteiger partial charge is 0.306 e. The lowest BCUT2D eigenvalue weighted by Crippen LogP contribution is -2.49. The molecule has 0 aromatic rings. The molecule has 0 aliphatic carbocycles. The van der Waals surface area contributed by atoms with E-state index in [0.29, 0.717) is 19.6 Å². The second-order valence-electron chi connectivity index (χ2n) is 4.92. The molecule has 2 N–H and O–H groups in total. The van der Waals surface area contributed by atoms with Gasteiger partial charge >= 0.3 is 5.97 Å². The summed E-state index contributed by atoms with van der Waals surface area (Å²) < 4.78 is 35.6. The zero-order valence-corrected chi connectivity index (χ0v) is 13.3. The average Bonchev–Trinajstić information content (AvgIpc) is 2.44. The molecule has 9 nitrogen and oxygen atoms in total. The molecule has 10 heteroatoms. The van der Waals surface area contributed by atoms with Gasteiger partial charge in [0.25, 0.3) is 0 Å². The molecule has 0 aromatic carbocycles. The van der Waals surface area contributed by atoms with Gasteiger partial charge in [-0.05, 0) is 6.42 Å². The minimum absolute atomic E-state index is 0.112. The molecule has 1 atom stereocenters. The van der Waals surface area contributed by atoms with Crippen molar-refractivity contribution in [3.8, 4) is 0 Å². The summed E-state index contributed by atoms with van der Waals surface area (Å²) in [6.07, 6.45) is -0.404. The summed E-state index contributed by atoms with van der Waals surface area (Å²) in [4.78, 5) is 24.0. The summed E-state index contributed by atoms with van der Waals surface area (Å²) in [6.45, 7) is 0.700. The molecule has 1 fully saturated rings. The van der Waals surface area contributed by atoms with Crippen molar-refractivity contribution in [2.24, 2.45) is 0 Å². The van der Waals surface area contributed by atoms with Crippen LogP contribution >= 0.6 is 0 Å². The molecule has 1 unspecified atom stereocenters. The van der Waals surface area contributed by atoms with Crippen LogP contribution < -0.4 is 4.72 Å². The molecule has 0 bridgehead atoms. The van der Waals surface area contributed by atoms with Gasteiger partial charge in [-0.3, -0.25) is 9.59 Å². The lowest BCUT2D eigenvalue weighted by Gasteiger charge is -2.32. The molecule has 1 aliphatic rings. The van der Waals surface area contributed by atoms with Gasteiger partial charge in [0.1, 0.15) is 0 Å². The first-order valence-electron chi connectivity index (χ1n) is 6.91. The molecule has 128 valence electrons. The van der Waals surface area contributed by atoms with Crippen molar-refractivity contribution >= 4 is 21.9 Å². The highest BCUT2D eigenvalue weighted by Gasteiger charge is 2.26. The van der Waals surface area contributed by atoms with Crippen LogP contribution in [0.15, 0.2) is 0 Å². The van der Waals surface area contributed by atoms with Crippen LogP contribution in [0.25, 0.3) is 0 Å². The van der Waals surface area contributed by atoms with Crippen LogP contribution in [0.1, 0.15) is 12.8 Å². The summed E-state index contributed by atoms with van der Waals surface area (Å²) in [5, 5.41) is 8.72. The number of methoxy groups -OCH3 is 1. The number of rotatable bonds is 9. The van der Waals surface area contributed by atoms with E-state index >= 15 is 0 Å². The van der Waals surface area contributed by atoms with Gasteiger partial charge in [0.2, 0.25) is 15.9 Å². The Balaban J connectivity index is 2.39. The van der Waals surface area contributed by atoms with E-state index < -0.39 is 28.0 Å². The minimum Gasteiger partial charge on any atom is -0.481 e. The van der Waals surface area contributed by atoms with Crippen LogP contribution in [0.5, 0.6) is 0 Å². The van der Waals surface area contributed by atoms with Crippen molar-refractivity contribution in [2.75, 3.05) is 45.7 Å². The van der Waals surface area contributed by atoms with E-state index in [0.717, 1.165) is 0 Å². The molecular formula is C12H22N2O7S. The van der Waals surface area contributed by atoms with Crippen LogP contribution in [0.3, 0.4) is 0 Å². The number of carboxylic acids is 1. The normalized spacial score (nSPS) is 19.1. The number of carboxylic acid groups (broad SMARTS) is 1. The first kappa shape index (κ1) is 18.8. The average molecular weight is 338 g/mol. The predicted molar refractivity (Wildman–Crippen MR) is 76.9 cm³/mol. The summed E-state index contributed by atoms with van der Waals surface area (Å²) in [5.41, 5.74) is 0. The number of aliphatic carboxylic acids is 1. The van der Waals surface area contributed by atoms with E-state index in [1.807, 2.05) is 0 Å². The molecule has 1 heterocycles. The molecule has 0 aromatic heterocycles. The Morgan fingerprint density at radius 3 is 2.82 bits per heavy atom. The lowest BCUT2D eigenvalue weighted by atomic mass is 10.2. The quantitative estimate of drug-likeness (QED) is 0.498. The second-order valence-corrected chi connectivity index (χ2v) is 6.84. The second kappa shape index (κ2) is 9.03.